The largest absolute Gasteiger partial charge is 0.369 e. The highest BCUT2D eigenvalue weighted by molar-refractivity contribution is 6.31. The number of amides is 1. The minimum atomic E-state index is -0.167. The van der Waals surface area contributed by atoms with Gasteiger partial charge in [0.1, 0.15) is 0 Å². The Hall–Kier alpha value is -1.06. The molecule has 18 heavy (non-hydrogen) atoms. The topological polar surface area (TPSA) is 46.3 Å². The quantitative estimate of drug-likeness (QED) is 0.914. The Bertz CT molecular complexity index is 428. The van der Waals surface area contributed by atoms with E-state index in [-0.39, 0.29) is 17.9 Å². The van der Waals surface area contributed by atoms with E-state index in [4.69, 9.17) is 17.3 Å². The van der Waals surface area contributed by atoms with E-state index in [9.17, 15) is 4.79 Å². The maximum absolute atomic E-state index is 11.1. The van der Waals surface area contributed by atoms with Gasteiger partial charge in [-0.05, 0) is 44.5 Å². The monoisotopic (exact) mass is 266 g/mol. The molecule has 1 saturated heterocycles. The average molecular weight is 267 g/mol. The molecule has 1 unspecified atom stereocenters. The zero-order valence-electron chi connectivity index (χ0n) is 10.6. The van der Waals surface area contributed by atoms with Crippen molar-refractivity contribution in [2.45, 2.75) is 25.8 Å². The Morgan fingerprint density at radius 1 is 1.39 bits per heavy atom. The number of hydrogen-bond acceptors (Lipinski definition) is 2. The SMILES string of the molecule is CC(c1ccccc1Cl)N1CCC(C(N)=O)CC1. The van der Waals surface area contributed by atoms with Gasteiger partial charge in [-0.3, -0.25) is 9.69 Å². The van der Waals surface area contributed by atoms with Gasteiger partial charge in [-0.1, -0.05) is 29.8 Å². The lowest BCUT2D eigenvalue weighted by molar-refractivity contribution is -0.123. The van der Waals surface area contributed by atoms with Gasteiger partial charge in [0.15, 0.2) is 0 Å². The zero-order chi connectivity index (χ0) is 13.1. The normalized spacial score (nSPS) is 19.7. The van der Waals surface area contributed by atoms with Crippen LogP contribution in [0.25, 0.3) is 0 Å². The minimum Gasteiger partial charge on any atom is -0.369 e. The van der Waals surface area contributed by atoms with Crippen LogP contribution in [0, 0.1) is 5.92 Å². The van der Waals surface area contributed by atoms with Crippen LogP contribution >= 0.6 is 11.6 Å². The van der Waals surface area contributed by atoms with Crippen LogP contribution in [0.5, 0.6) is 0 Å². The van der Waals surface area contributed by atoms with Gasteiger partial charge in [-0.15, -0.1) is 0 Å². The fraction of sp³-hybridized carbons (Fsp3) is 0.500. The molecule has 1 aromatic carbocycles. The van der Waals surface area contributed by atoms with Gasteiger partial charge in [-0.25, -0.2) is 0 Å². The predicted octanol–water partition coefficient (Wildman–Crippen LogP) is 2.60. The molecule has 98 valence electrons. The summed E-state index contributed by atoms with van der Waals surface area (Å²) in [6.45, 7) is 3.96. The molecule has 1 aromatic rings. The van der Waals surface area contributed by atoms with E-state index in [0.29, 0.717) is 0 Å². The number of rotatable bonds is 3. The number of nitrogens with two attached hydrogens (primary N) is 1. The van der Waals surface area contributed by atoms with Crippen LogP contribution < -0.4 is 5.73 Å². The molecule has 0 bridgehead atoms. The molecule has 1 atom stereocenters. The van der Waals surface area contributed by atoms with Crippen molar-refractivity contribution in [3.63, 3.8) is 0 Å². The fourth-order valence-electron chi connectivity index (χ4n) is 2.58. The second kappa shape index (κ2) is 5.72. The van der Waals surface area contributed by atoms with Crippen molar-refractivity contribution in [1.29, 1.82) is 0 Å². The van der Waals surface area contributed by atoms with Crippen molar-refractivity contribution in [3.05, 3.63) is 34.9 Å². The van der Waals surface area contributed by atoms with Crippen molar-refractivity contribution >= 4 is 17.5 Å². The third-order valence-corrected chi connectivity index (χ3v) is 4.18. The molecule has 2 rings (SSSR count). The van der Waals surface area contributed by atoms with Gasteiger partial charge in [0.05, 0.1) is 0 Å². The first-order valence-electron chi connectivity index (χ1n) is 6.37. The Morgan fingerprint density at radius 2 is 2.00 bits per heavy atom. The lowest BCUT2D eigenvalue weighted by Gasteiger charge is -2.35. The number of carbonyl (C=O) groups is 1. The van der Waals surface area contributed by atoms with E-state index in [1.54, 1.807) is 0 Å². The first kappa shape index (κ1) is 13.4. The standard InChI is InChI=1S/C14H19ClN2O/c1-10(12-4-2-3-5-13(12)15)17-8-6-11(7-9-17)14(16)18/h2-5,10-11H,6-9H2,1H3,(H2,16,18). The van der Waals surface area contributed by atoms with Crippen LogP contribution in [-0.2, 0) is 4.79 Å². The van der Waals surface area contributed by atoms with E-state index in [1.165, 1.54) is 0 Å². The van der Waals surface area contributed by atoms with Gasteiger partial charge < -0.3 is 5.73 Å². The second-order valence-corrected chi connectivity index (χ2v) is 5.32. The highest BCUT2D eigenvalue weighted by Crippen LogP contribution is 2.30. The Kier molecular flexibility index (Phi) is 4.25. The summed E-state index contributed by atoms with van der Waals surface area (Å²) in [4.78, 5) is 13.5. The number of carbonyl (C=O) groups excluding carboxylic acids is 1. The van der Waals surface area contributed by atoms with Crippen molar-refractivity contribution in [2.75, 3.05) is 13.1 Å². The minimum absolute atomic E-state index is 0.0414. The molecule has 2 N–H and O–H groups in total. The Balaban J connectivity index is 2.02. The fourth-order valence-corrected chi connectivity index (χ4v) is 2.88. The van der Waals surface area contributed by atoms with Crippen LogP contribution in [0.4, 0.5) is 0 Å². The summed E-state index contributed by atoms with van der Waals surface area (Å²) in [6, 6.07) is 8.22. The molecular formula is C14H19ClN2O. The summed E-state index contributed by atoms with van der Waals surface area (Å²) in [5, 5.41) is 0.807. The predicted molar refractivity (Wildman–Crippen MR) is 73.4 cm³/mol. The summed E-state index contributed by atoms with van der Waals surface area (Å²) in [5.74, 6) is -0.125. The maximum atomic E-state index is 11.1. The number of benzene rings is 1. The number of likely N-dealkylation sites (tertiary alicyclic amines) is 1. The number of halogens is 1. The molecule has 1 heterocycles. The van der Waals surface area contributed by atoms with Crippen LogP contribution in [0.15, 0.2) is 24.3 Å². The van der Waals surface area contributed by atoms with Crippen molar-refractivity contribution in [1.82, 2.24) is 4.90 Å². The molecule has 1 fully saturated rings. The molecule has 0 saturated carbocycles. The molecule has 4 heteroatoms. The maximum Gasteiger partial charge on any atom is 0.220 e. The highest BCUT2D eigenvalue weighted by atomic mass is 35.5. The lowest BCUT2D eigenvalue weighted by atomic mass is 9.94. The first-order chi connectivity index (χ1) is 8.59. The average Bonchev–Trinajstić information content (AvgIpc) is 2.38. The second-order valence-electron chi connectivity index (χ2n) is 4.91. The van der Waals surface area contributed by atoms with E-state index < -0.39 is 0 Å². The van der Waals surface area contributed by atoms with Gasteiger partial charge in [0, 0.05) is 17.0 Å². The number of piperidine rings is 1. The molecule has 0 radical (unpaired) electrons. The molecular weight excluding hydrogens is 248 g/mol. The number of nitrogens with zero attached hydrogens (tertiary/aromatic N) is 1. The van der Waals surface area contributed by atoms with E-state index >= 15 is 0 Å². The van der Waals surface area contributed by atoms with E-state index in [1.807, 2.05) is 18.2 Å². The third kappa shape index (κ3) is 2.85. The van der Waals surface area contributed by atoms with Crippen LogP contribution in [-0.4, -0.2) is 23.9 Å². The molecule has 3 nitrogen and oxygen atoms in total. The molecule has 0 aromatic heterocycles. The van der Waals surface area contributed by atoms with Crippen molar-refractivity contribution < 1.29 is 4.79 Å². The van der Waals surface area contributed by atoms with Gasteiger partial charge in [-0.2, -0.15) is 0 Å². The van der Waals surface area contributed by atoms with Crippen LogP contribution in [0.3, 0.4) is 0 Å². The van der Waals surface area contributed by atoms with Crippen molar-refractivity contribution in [2.24, 2.45) is 11.7 Å². The van der Waals surface area contributed by atoms with Crippen molar-refractivity contribution in [3.8, 4) is 0 Å². The molecule has 1 amide bonds. The molecule has 1 aliphatic heterocycles. The van der Waals surface area contributed by atoms with Gasteiger partial charge >= 0.3 is 0 Å². The van der Waals surface area contributed by atoms with Crippen LogP contribution in [0.2, 0.25) is 5.02 Å². The number of hydrogen-bond donors (Lipinski definition) is 1. The summed E-state index contributed by atoms with van der Waals surface area (Å²) in [5.41, 5.74) is 6.50. The van der Waals surface area contributed by atoms with E-state index in [2.05, 4.69) is 17.9 Å². The summed E-state index contributed by atoms with van der Waals surface area (Å²) in [7, 11) is 0. The van der Waals surface area contributed by atoms with E-state index in [0.717, 1.165) is 36.5 Å². The summed E-state index contributed by atoms with van der Waals surface area (Å²) in [6.07, 6.45) is 1.70. The number of primary amides is 1. The van der Waals surface area contributed by atoms with Crippen LogP contribution in [0.1, 0.15) is 31.4 Å². The third-order valence-electron chi connectivity index (χ3n) is 3.83. The smallest absolute Gasteiger partial charge is 0.220 e. The highest BCUT2D eigenvalue weighted by Gasteiger charge is 2.26. The molecule has 0 aliphatic carbocycles. The first-order valence-corrected chi connectivity index (χ1v) is 6.75. The van der Waals surface area contributed by atoms with Gasteiger partial charge in [0.2, 0.25) is 5.91 Å². The zero-order valence-corrected chi connectivity index (χ0v) is 11.4. The molecule has 0 spiro atoms. The lowest BCUT2D eigenvalue weighted by Crippen LogP contribution is -2.39. The Labute approximate surface area is 113 Å². The Morgan fingerprint density at radius 3 is 2.56 bits per heavy atom. The summed E-state index contributed by atoms with van der Waals surface area (Å²) < 4.78 is 0. The summed E-state index contributed by atoms with van der Waals surface area (Å²) >= 11 is 6.22. The van der Waals surface area contributed by atoms with Gasteiger partial charge in [0.25, 0.3) is 0 Å². The molecule has 1 aliphatic rings.